The van der Waals surface area contributed by atoms with Crippen LogP contribution in [0.5, 0.6) is 0 Å². The van der Waals surface area contributed by atoms with E-state index in [0.29, 0.717) is 6.07 Å². The van der Waals surface area contributed by atoms with Gasteiger partial charge in [0.25, 0.3) is 0 Å². The van der Waals surface area contributed by atoms with Crippen LogP contribution in [-0.2, 0) is 10.0 Å². The average molecular weight is 291 g/mol. The predicted molar refractivity (Wildman–Crippen MR) is 64.9 cm³/mol. The van der Waals surface area contributed by atoms with Gasteiger partial charge in [-0.25, -0.2) is 17.2 Å². The van der Waals surface area contributed by atoms with Gasteiger partial charge in [-0.3, -0.25) is 0 Å². The van der Waals surface area contributed by atoms with E-state index in [0.717, 1.165) is 16.4 Å². The number of sulfonamides is 1. The van der Waals surface area contributed by atoms with Gasteiger partial charge in [0.2, 0.25) is 10.0 Å². The fraction of sp³-hybridized carbons (Fsp3) is 0.500. The number of hydrogen-bond donors (Lipinski definition) is 1. The summed E-state index contributed by atoms with van der Waals surface area (Å²) < 4.78 is 51.5. The standard InChI is InChI=1S/C12H15F2NO3S/c1-8(2)12(16)6-15(7-12)19(17,18)11-4-3-9(13)5-10(11)14/h3-5,8,16H,6-7H2,1-2H3. The Morgan fingerprint density at radius 2 is 1.89 bits per heavy atom. The second kappa shape index (κ2) is 4.50. The van der Waals surface area contributed by atoms with Crippen molar-refractivity contribution >= 4 is 10.0 Å². The number of halogens is 2. The molecular weight excluding hydrogens is 276 g/mol. The molecule has 7 heteroatoms. The molecule has 19 heavy (non-hydrogen) atoms. The summed E-state index contributed by atoms with van der Waals surface area (Å²) >= 11 is 0. The second-order valence-corrected chi connectivity index (χ2v) is 7.01. The normalized spacial score (nSPS) is 19.5. The monoisotopic (exact) mass is 291 g/mol. The van der Waals surface area contributed by atoms with Crippen LogP contribution in [0.25, 0.3) is 0 Å². The lowest BCUT2D eigenvalue weighted by Gasteiger charge is -2.47. The molecular formula is C12H15F2NO3S. The third-order valence-electron chi connectivity index (χ3n) is 3.49. The Labute approximate surface area is 110 Å². The maximum Gasteiger partial charge on any atom is 0.246 e. The number of aliphatic hydroxyl groups is 1. The highest BCUT2D eigenvalue weighted by Gasteiger charge is 2.49. The first-order valence-electron chi connectivity index (χ1n) is 5.84. The smallest absolute Gasteiger partial charge is 0.246 e. The van der Waals surface area contributed by atoms with Crippen LogP contribution in [0.15, 0.2) is 23.1 Å². The van der Waals surface area contributed by atoms with Crippen molar-refractivity contribution in [2.24, 2.45) is 5.92 Å². The summed E-state index contributed by atoms with van der Waals surface area (Å²) in [6.07, 6.45) is 0. The Balaban J connectivity index is 2.26. The first-order valence-corrected chi connectivity index (χ1v) is 7.28. The van der Waals surface area contributed by atoms with E-state index in [-0.39, 0.29) is 19.0 Å². The Kier molecular flexibility index (Phi) is 3.40. The van der Waals surface area contributed by atoms with Gasteiger partial charge < -0.3 is 5.11 Å². The van der Waals surface area contributed by atoms with E-state index in [1.54, 1.807) is 13.8 Å². The van der Waals surface area contributed by atoms with Crippen molar-refractivity contribution in [3.63, 3.8) is 0 Å². The Morgan fingerprint density at radius 3 is 2.37 bits per heavy atom. The first-order chi connectivity index (χ1) is 8.67. The number of hydrogen-bond acceptors (Lipinski definition) is 3. The lowest BCUT2D eigenvalue weighted by molar-refractivity contribution is -0.0933. The van der Waals surface area contributed by atoms with E-state index < -0.39 is 32.2 Å². The molecule has 0 atom stereocenters. The predicted octanol–water partition coefficient (Wildman–Crippen LogP) is 1.36. The van der Waals surface area contributed by atoms with Gasteiger partial charge in [-0.15, -0.1) is 0 Å². The van der Waals surface area contributed by atoms with Gasteiger partial charge in [-0.05, 0) is 18.1 Å². The molecule has 0 bridgehead atoms. The molecule has 0 aromatic heterocycles. The van der Waals surface area contributed by atoms with E-state index in [2.05, 4.69) is 0 Å². The fourth-order valence-corrected chi connectivity index (χ4v) is 3.53. The van der Waals surface area contributed by atoms with E-state index in [9.17, 15) is 22.3 Å². The minimum absolute atomic E-state index is 0.0795. The van der Waals surface area contributed by atoms with Crippen LogP contribution >= 0.6 is 0 Å². The number of rotatable bonds is 3. The highest BCUT2D eigenvalue weighted by atomic mass is 32.2. The lowest BCUT2D eigenvalue weighted by Crippen LogP contribution is -2.65. The average Bonchev–Trinajstić information content (AvgIpc) is 2.23. The van der Waals surface area contributed by atoms with E-state index in [4.69, 9.17) is 0 Å². The SMILES string of the molecule is CC(C)C1(O)CN(S(=O)(=O)c2ccc(F)cc2F)C1. The number of β-amino-alcohol motifs (C(OH)–C–C–N with tert-alkyl or cyclic N) is 1. The molecule has 1 aliphatic heterocycles. The van der Waals surface area contributed by atoms with Gasteiger partial charge in [0.1, 0.15) is 16.5 Å². The van der Waals surface area contributed by atoms with Gasteiger partial charge in [0, 0.05) is 19.2 Å². The summed E-state index contributed by atoms with van der Waals surface area (Å²) in [5, 5.41) is 10.0. The van der Waals surface area contributed by atoms with Crippen molar-refractivity contribution < 1.29 is 22.3 Å². The molecule has 0 aliphatic carbocycles. The molecule has 1 heterocycles. The molecule has 4 nitrogen and oxygen atoms in total. The summed E-state index contributed by atoms with van der Waals surface area (Å²) in [5.41, 5.74) is -1.08. The zero-order valence-electron chi connectivity index (χ0n) is 10.6. The quantitative estimate of drug-likeness (QED) is 0.914. The summed E-state index contributed by atoms with van der Waals surface area (Å²) in [5.74, 6) is -2.06. The van der Waals surface area contributed by atoms with Crippen molar-refractivity contribution in [3.05, 3.63) is 29.8 Å². The van der Waals surface area contributed by atoms with Crippen LogP contribution in [-0.4, -0.2) is 36.5 Å². The van der Waals surface area contributed by atoms with Gasteiger partial charge >= 0.3 is 0 Å². The fourth-order valence-electron chi connectivity index (χ4n) is 1.92. The highest BCUT2D eigenvalue weighted by Crippen LogP contribution is 2.33. The van der Waals surface area contributed by atoms with Crippen LogP contribution in [0.1, 0.15) is 13.8 Å². The van der Waals surface area contributed by atoms with Crippen LogP contribution in [0.4, 0.5) is 8.78 Å². The molecule has 1 aromatic carbocycles. The van der Waals surface area contributed by atoms with Crippen molar-refractivity contribution in [2.75, 3.05) is 13.1 Å². The molecule has 0 saturated carbocycles. The van der Waals surface area contributed by atoms with Gasteiger partial charge in [-0.1, -0.05) is 13.8 Å². The zero-order valence-corrected chi connectivity index (χ0v) is 11.4. The Morgan fingerprint density at radius 1 is 1.32 bits per heavy atom. The lowest BCUT2D eigenvalue weighted by atomic mass is 9.85. The van der Waals surface area contributed by atoms with Gasteiger partial charge in [0.05, 0.1) is 5.60 Å². The second-order valence-electron chi connectivity index (χ2n) is 5.11. The molecule has 0 unspecified atom stereocenters. The van der Waals surface area contributed by atoms with Gasteiger partial charge in [-0.2, -0.15) is 4.31 Å². The van der Waals surface area contributed by atoms with E-state index in [1.807, 2.05) is 0 Å². The summed E-state index contributed by atoms with van der Waals surface area (Å²) in [7, 11) is -4.02. The first kappa shape index (κ1) is 14.4. The molecule has 0 spiro atoms. The molecule has 106 valence electrons. The summed E-state index contributed by atoms with van der Waals surface area (Å²) in [6, 6.07) is 2.32. The Bertz CT molecular complexity index is 595. The zero-order chi connectivity index (χ0) is 14.4. The third-order valence-corrected chi connectivity index (χ3v) is 5.31. The molecule has 1 aliphatic rings. The van der Waals surface area contributed by atoms with Crippen LogP contribution < -0.4 is 0 Å². The van der Waals surface area contributed by atoms with Crippen molar-refractivity contribution in [2.45, 2.75) is 24.3 Å². The van der Waals surface area contributed by atoms with Crippen LogP contribution in [0, 0.1) is 17.6 Å². The molecule has 0 amide bonds. The highest BCUT2D eigenvalue weighted by molar-refractivity contribution is 7.89. The topological polar surface area (TPSA) is 57.6 Å². The molecule has 1 aromatic rings. The van der Waals surface area contributed by atoms with Gasteiger partial charge in [0.15, 0.2) is 0 Å². The molecule has 2 rings (SSSR count). The molecule has 1 N–H and O–H groups in total. The van der Waals surface area contributed by atoms with Crippen LogP contribution in [0.2, 0.25) is 0 Å². The largest absolute Gasteiger partial charge is 0.387 e. The Hall–Kier alpha value is -1.05. The van der Waals surface area contributed by atoms with Crippen molar-refractivity contribution in [1.82, 2.24) is 4.31 Å². The maximum absolute atomic E-state index is 13.5. The molecule has 0 radical (unpaired) electrons. The van der Waals surface area contributed by atoms with Crippen molar-refractivity contribution in [3.8, 4) is 0 Å². The van der Waals surface area contributed by atoms with Crippen molar-refractivity contribution in [1.29, 1.82) is 0 Å². The minimum Gasteiger partial charge on any atom is -0.387 e. The number of benzene rings is 1. The number of nitrogens with zero attached hydrogens (tertiary/aromatic N) is 1. The van der Waals surface area contributed by atoms with Crippen LogP contribution in [0.3, 0.4) is 0 Å². The molecule has 1 fully saturated rings. The summed E-state index contributed by atoms with van der Waals surface area (Å²) in [6.45, 7) is 3.40. The third kappa shape index (κ3) is 2.37. The molecule has 1 saturated heterocycles. The van der Waals surface area contributed by atoms with E-state index in [1.165, 1.54) is 0 Å². The minimum atomic E-state index is -4.02. The maximum atomic E-state index is 13.5. The summed E-state index contributed by atoms with van der Waals surface area (Å²) in [4.78, 5) is -0.570. The van der Waals surface area contributed by atoms with E-state index >= 15 is 0 Å².